The molecule has 1 aliphatic carbocycles. The highest BCUT2D eigenvalue weighted by Crippen LogP contribution is 2.28. The Balaban J connectivity index is 1.54. The first-order chi connectivity index (χ1) is 9.28. The van der Waals surface area contributed by atoms with Crippen LogP contribution in [0.1, 0.15) is 45.4 Å². The number of hydrogen-bond acceptors (Lipinski definition) is 3. The van der Waals surface area contributed by atoms with Crippen molar-refractivity contribution in [1.29, 1.82) is 0 Å². The lowest BCUT2D eigenvalue weighted by Crippen LogP contribution is -2.29. The summed E-state index contributed by atoms with van der Waals surface area (Å²) >= 11 is 2.25. The maximum Gasteiger partial charge on any atom is 0.00726 e. The van der Waals surface area contributed by atoms with E-state index in [9.17, 15) is 0 Å². The van der Waals surface area contributed by atoms with Crippen LogP contribution in [0.25, 0.3) is 0 Å². The highest BCUT2D eigenvalue weighted by Gasteiger charge is 2.23. The number of nitrogens with zero attached hydrogens (tertiary/aromatic N) is 2. The van der Waals surface area contributed by atoms with Crippen molar-refractivity contribution in [3.63, 3.8) is 0 Å². The van der Waals surface area contributed by atoms with Gasteiger partial charge in [0.25, 0.3) is 0 Å². The van der Waals surface area contributed by atoms with Gasteiger partial charge in [-0.3, -0.25) is 0 Å². The molecule has 0 spiro atoms. The molecule has 2 aliphatic rings. The molecule has 1 saturated heterocycles. The first-order valence-corrected chi connectivity index (χ1v) is 9.35. The predicted molar refractivity (Wildman–Crippen MR) is 87.0 cm³/mol. The van der Waals surface area contributed by atoms with E-state index >= 15 is 0 Å². The third kappa shape index (κ3) is 5.65. The van der Waals surface area contributed by atoms with Gasteiger partial charge in [0, 0.05) is 30.6 Å². The Morgan fingerprint density at radius 2 is 1.95 bits per heavy atom. The molecule has 0 aromatic carbocycles. The van der Waals surface area contributed by atoms with E-state index in [0.717, 1.165) is 11.2 Å². The molecule has 0 aromatic rings. The van der Waals surface area contributed by atoms with Crippen LogP contribution in [0.2, 0.25) is 0 Å². The highest BCUT2D eigenvalue weighted by molar-refractivity contribution is 7.99. The standard InChI is InChI=1S/C16H32N2S/c1-3-17(2)13-15-9-10-18(14-15)11-12-19-16-7-5-4-6-8-16/h15-16H,3-14H2,1-2H3/t15-/m0/s1. The zero-order chi connectivity index (χ0) is 13.5. The molecule has 0 unspecified atom stereocenters. The topological polar surface area (TPSA) is 6.48 Å². The van der Waals surface area contributed by atoms with Crippen molar-refractivity contribution in [2.75, 3.05) is 45.5 Å². The van der Waals surface area contributed by atoms with E-state index in [2.05, 4.69) is 35.5 Å². The molecule has 2 fully saturated rings. The summed E-state index contributed by atoms with van der Waals surface area (Å²) in [7, 11) is 2.25. The van der Waals surface area contributed by atoms with Crippen molar-refractivity contribution in [3.05, 3.63) is 0 Å². The minimum Gasteiger partial charge on any atom is -0.306 e. The number of rotatable bonds is 7. The van der Waals surface area contributed by atoms with E-state index in [1.54, 1.807) is 0 Å². The molecule has 19 heavy (non-hydrogen) atoms. The van der Waals surface area contributed by atoms with Crippen LogP contribution >= 0.6 is 11.8 Å². The van der Waals surface area contributed by atoms with Gasteiger partial charge in [-0.05, 0) is 45.3 Å². The van der Waals surface area contributed by atoms with Crippen molar-refractivity contribution in [3.8, 4) is 0 Å². The zero-order valence-corrected chi connectivity index (χ0v) is 13.8. The lowest BCUT2D eigenvalue weighted by Gasteiger charge is -2.23. The summed E-state index contributed by atoms with van der Waals surface area (Å²) in [6, 6.07) is 0. The van der Waals surface area contributed by atoms with Gasteiger partial charge in [-0.15, -0.1) is 0 Å². The number of likely N-dealkylation sites (tertiary alicyclic amines) is 1. The summed E-state index contributed by atoms with van der Waals surface area (Å²) < 4.78 is 0. The van der Waals surface area contributed by atoms with Gasteiger partial charge in [-0.1, -0.05) is 26.2 Å². The van der Waals surface area contributed by atoms with Crippen molar-refractivity contribution < 1.29 is 0 Å². The number of thioether (sulfide) groups is 1. The van der Waals surface area contributed by atoms with Crippen LogP contribution in [-0.4, -0.2) is 60.6 Å². The first kappa shape index (κ1) is 15.7. The van der Waals surface area contributed by atoms with Gasteiger partial charge < -0.3 is 9.80 Å². The Morgan fingerprint density at radius 1 is 1.16 bits per heavy atom. The Labute approximate surface area is 124 Å². The molecule has 1 heterocycles. The fourth-order valence-electron chi connectivity index (χ4n) is 3.42. The Kier molecular flexibility index (Phi) is 7.03. The van der Waals surface area contributed by atoms with E-state index in [4.69, 9.17) is 0 Å². The van der Waals surface area contributed by atoms with Crippen molar-refractivity contribution in [2.45, 2.75) is 50.7 Å². The Morgan fingerprint density at radius 3 is 2.68 bits per heavy atom. The van der Waals surface area contributed by atoms with E-state index < -0.39 is 0 Å². The fraction of sp³-hybridized carbons (Fsp3) is 1.00. The van der Waals surface area contributed by atoms with Crippen LogP contribution < -0.4 is 0 Å². The Hall–Kier alpha value is 0.270. The lowest BCUT2D eigenvalue weighted by atomic mass is 10.0. The molecule has 1 atom stereocenters. The smallest absolute Gasteiger partial charge is 0.00726 e. The van der Waals surface area contributed by atoms with E-state index in [1.165, 1.54) is 77.0 Å². The second-order valence-electron chi connectivity index (χ2n) is 6.44. The summed E-state index contributed by atoms with van der Waals surface area (Å²) in [6.07, 6.45) is 8.82. The summed E-state index contributed by atoms with van der Waals surface area (Å²) in [5, 5.41) is 0.985. The maximum absolute atomic E-state index is 2.70. The third-order valence-electron chi connectivity index (χ3n) is 4.79. The third-order valence-corrected chi connectivity index (χ3v) is 6.15. The second kappa shape index (κ2) is 8.53. The predicted octanol–water partition coefficient (Wildman–Crippen LogP) is 3.33. The summed E-state index contributed by atoms with van der Waals surface area (Å²) in [5.74, 6) is 2.28. The summed E-state index contributed by atoms with van der Waals surface area (Å²) in [5.41, 5.74) is 0. The molecule has 3 heteroatoms. The van der Waals surface area contributed by atoms with Crippen LogP contribution in [0.5, 0.6) is 0 Å². The van der Waals surface area contributed by atoms with Crippen molar-refractivity contribution in [2.24, 2.45) is 5.92 Å². The second-order valence-corrected chi connectivity index (χ2v) is 7.85. The van der Waals surface area contributed by atoms with Crippen molar-refractivity contribution >= 4 is 11.8 Å². The molecule has 0 N–H and O–H groups in total. The molecule has 0 bridgehead atoms. The van der Waals surface area contributed by atoms with E-state index in [1.807, 2.05) is 0 Å². The van der Waals surface area contributed by atoms with E-state index in [-0.39, 0.29) is 0 Å². The molecule has 0 aromatic heterocycles. The fourth-order valence-corrected chi connectivity index (χ4v) is 4.78. The maximum atomic E-state index is 2.70. The van der Waals surface area contributed by atoms with Crippen LogP contribution in [0.4, 0.5) is 0 Å². The molecule has 1 saturated carbocycles. The van der Waals surface area contributed by atoms with Gasteiger partial charge in [0.2, 0.25) is 0 Å². The SMILES string of the molecule is CCN(C)C[C@@H]1CCN(CCSC2CCCCC2)C1. The molecule has 0 radical (unpaired) electrons. The largest absolute Gasteiger partial charge is 0.306 e. The highest BCUT2D eigenvalue weighted by atomic mass is 32.2. The zero-order valence-electron chi connectivity index (χ0n) is 12.9. The molecule has 2 nitrogen and oxygen atoms in total. The van der Waals surface area contributed by atoms with Crippen LogP contribution in [-0.2, 0) is 0 Å². The van der Waals surface area contributed by atoms with Crippen LogP contribution in [0, 0.1) is 5.92 Å². The molecule has 1 aliphatic heterocycles. The average Bonchev–Trinajstić information content (AvgIpc) is 2.87. The molecule has 0 amide bonds. The molecule has 112 valence electrons. The van der Waals surface area contributed by atoms with Crippen LogP contribution in [0.3, 0.4) is 0 Å². The molecular weight excluding hydrogens is 252 g/mol. The Bertz CT molecular complexity index is 241. The van der Waals surface area contributed by atoms with Gasteiger partial charge in [-0.25, -0.2) is 0 Å². The summed E-state index contributed by atoms with van der Waals surface area (Å²) in [6.45, 7) is 8.75. The van der Waals surface area contributed by atoms with Gasteiger partial charge >= 0.3 is 0 Å². The molecule has 2 rings (SSSR count). The minimum absolute atomic E-state index is 0.921. The normalized spacial score (nSPS) is 26.4. The average molecular weight is 285 g/mol. The first-order valence-electron chi connectivity index (χ1n) is 8.30. The lowest BCUT2D eigenvalue weighted by molar-refractivity contribution is 0.276. The van der Waals surface area contributed by atoms with E-state index in [0.29, 0.717) is 0 Å². The van der Waals surface area contributed by atoms with Crippen LogP contribution in [0.15, 0.2) is 0 Å². The van der Waals surface area contributed by atoms with Gasteiger partial charge in [0.05, 0.1) is 0 Å². The summed E-state index contributed by atoms with van der Waals surface area (Å²) in [4.78, 5) is 5.16. The molecular formula is C16H32N2S. The monoisotopic (exact) mass is 284 g/mol. The minimum atomic E-state index is 0.921. The van der Waals surface area contributed by atoms with Crippen molar-refractivity contribution in [1.82, 2.24) is 9.80 Å². The van der Waals surface area contributed by atoms with Gasteiger partial charge in [-0.2, -0.15) is 11.8 Å². The van der Waals surface area contributed by atoms with Gasteiger partial charge in [0.15, 0.2) is 0 Å². The number of hydrogen-bond donors (Lipinski definition) is 0. The van der Waals surface area contributed by atoms with Gasteiger partial charge in [0.1, 0.15) is 0 Å². The quantitative estimate of drug-likeness (QED) is 0.708.